The van der Waals surface area contributed by atoms with Gasteiger partial charge in [0.25, 0.3) is 0 Å². The minimum atomic E-state index is -0.790. The monoisotopic (exact) mass is 468 g/mol. The van der Waals surface area contributed by atoms with Crippen molar-refractivity contribution in [2.75, 3.05) is 4.90 Å². The summed E-state index contributed by atoms with van der Waals surface area (Å²) in [6.07, 6.45) is 3.80. The van der Waals surface area contributed by atoms with E-state index < -0.39 is 35.2 Å². The molecule has 0 unspecified atom stereocenters. The lowest BCUT2D eigenvalue weighted by Crippen LogP contribution is -2.47. The minimum Gasteiger partial charge on any atom is -0.359 e. The van der Waals surface area contributed by atoms with Gasteiger partial charge in [-0.25, -0.2) is 4.90 Å². The fraction of sp³-hybridized carbons (Fsp3) is 0.320. The molecule has 4 atom stereocenters. The first-order chi connectivity index (χ1) is 15.1. The van der Waals surface area contributed by atoms with Gasteiger partial charge in [0.1, 0.15) is 6.04 Å². The number of halogens is 2. The van der Waals surface area contributed by atoms with E-state index >= 15 is 0 Å². The zero-order valence-corrected chi connectivity index (χ0v) is 19.4. The Morgan fingerprint density at radius 3 is 2.34 bits per heavy atom. The Morgan fingerprint density at radius 2 is 1.66 bits per heavy atom. The van der Waals surface area contributed by atoms with Crippen molar-refractivity contribution in [1.29, 1.82) is 0 Å². The van der Waals surface area contributed by atoms with Crippen LogP contribution in [-0.2, 0) is 14.4 Å². The predicted molar refractivity (Wildman–Crippen MR) is 124 cm³/mol. The molecule has 7 heteroatoms. The van der Waals surface area contributed by atoms with Crippen LogP contribution in [0, 0.1) is 17.3 Å². The minimum absolute atomic E-state index is 0.0655. The number of ketones is 1. The van der Waals surface area contributed by atoms with Gasteiger partial charge in [0.2, 0.25) is 11.8 Å². The highest BCUT2D eigenvalue weighted by atomic mass is 35.5. The fourth-order valence-corrected chi connectivity index (χ4v) is 5.69. The second kappa shape index (κ2) is 7.19. The number of nitrogens with zero attached hydrogens (tertiary/aromatic N) is 2. The maximum atomic E-state index is 13.8. The third kappa shape index (κ3) is 2.95. The molecule has 0 N–H and O–H groups in total. The van der Waals surface area contributed by atoms with Crippen LogP contribution in [0.25, 0.3) is 6.08 Å². The molecule has 0 spiro atoms. The zero-order valence-electron chi connectivity index (χ0n) is 17.9. The molecular formula is C25H22Cl2N2O3. The van der Waals surface area contributed by atoms with E-state index in [9.17, 15) is 14.4 Å². The van der Waals surface area contributed by atoms with Gasteiger partial charge in [0.05, 0.1) is 28.6 Å². The van der Waals surface area contributed by atoms with Crippen LogP contribution in [0.3, 0.4) is 0 Å². The summed E-state index contributed by atoms with van der Waals surface area (Å²) in [5, 5.41) is 0.634. The molecule has 3 heterocycles. The van der Waals surface area contributed by atoms with E-state index in [2.05, 4.69) is 0 Å². The number of fused-ring (bicyclic) bond motifs is 5. The van der Waals surface area contributed by atoms with Gasteiger partial charge in [-0.3, -0.25) is 14.4 Å². The lowest BCUT2D eigenvalue weighted by atomic mass is 9.79. The Balaban J connectivity index is 1.68. The molecule has 0 aliphatic carbocycles. The highest BCUT2D eigenvalue weighted by Crippen LogP contribution is 2.54. The first-order valence-corrected chi connectivity index (χ1v) is 11.3. The lowest BCUT2D eigenvalue weighted by molar-refractivity contribution is -0.135. The number of hydrogen-bond acceptors (Lipinski definition) is 4. The van der Waals surface area contributed by atoms with E-state index in [1.54, 1.807) is 12.1 Å². The zero-order chi connectivity index (χ0) is 22.9. The van der Waals surface area contributed by atoms with Gasteiger partial charge in [-0.15, -0.1) is 0 Å². The van der Waals surface area contributed by atoms with Gasteiger partial charge in [0.15, 0.2) is 5.78 Å². The number of imide groups is 1. The Labute approximate surface area is 196 Å². The maximum Gasteiger partial charge on any atom is 0.240 e. The van der Waals surface area contributed by atoms with Crippen molar-refractivity contribution in [3.05, 3.63) is 69.8 Å². The summed E-state index contributed by atoms with van der Waals surface area (Å²) in [7, 11) is 0. The fourth-order valence-electron chi connectivity index (χ4n) is 5.20. The number of hydrogen-bond donors (Lipinski definition) is 0. The number of amides is 2. The van der Waals surface area contributed by atoms with Gasteiger partial charge >= 0.3 is 0 Å². The molecule has 2 saturated heterocycles. The number of rotatable bonds is 2. The lowest BCUT2D eigenvalue weighted by Gasteiger charge is -2.37. The normalized spacial score (nSPS) is 26.3. The van der Waals surface area contributed by atoms with Crippen LogP contribution in [0.2, 0.25) is 10.0 Å². The van der Waals surface area contributed by atoms with Crippen molar-refractivity contribution in [1.82, 2.24) is 4.90 Å². The largest absolute Gasteiger partial charge is 0.359 e. The standard InChI is InChI=1S/C25H22Cl2N2O3/c1-25(2,3)22(30)21-19-18(20-15-7-5-4-6-13(15)10-11-28(20)21)23(31)29(24(19)32)17-9-8-14(26)12-16(17)27/h4-12,18-21H,1-3H3/t18-,19-,20+,21+/m0/s1. The molecule has 2 amide bonds. The molecule has 0 bridgehead atoms. The summed E-state index contributed by atoms with van der Waals surface area (Å²) >= 11 is 12.4. The number of carbonyl (C=O) groups is 3. The van der Waals surface area contributed by atoms with Crippen LogP contribution < -0.4 is 4.90 Å². The smallest absolute Gasteiger partial charge is 0.240 e. The summed E-state index contributed by atoms with van der Waals surface area (Å²) in [5.41, 5.74) is 1.55. The predicted octanol–water partition coefficient (Wildman–Crippen LogP) is 5.12. The summed E-state index contributed by atoms with van der Waals surface area (Å²) in [6, 6.07) is 11.3. The maximum absolute atomic E-state index is 13.8. The van der Waals surface area contributed by atoms with Crippen LogP contribution in [0.4, 0.5) is 5.69 Å². The number of Topliss-reactive ketones (excluding diaryl/α,β-unsaturated/α-hetero) is 1. The Morgan fingerprint density at radius 1 is 0.969 bits per heavy atom. The van der Waals surface area contributed by atoms with E-state index in [4.69, 9.17) is 23.2 Å². The van der Waals surface area contributed by atoms with Gasteiger partial charge in [-0.1, -0.05) is 68.2 Å². The first-order valence-electron chi connectivity index (χ1n) is 10.5. The van der Waals surface area contributed by atoms with Gasteiger partial charge in [0, 0.05) is 16.6 Å². The Bertz CT molecular complexity index is 1200. The molecule has 32 heavy (non-hydrogen) atoms. The second-order valence-corrected chi connectivity index (χ2v) is 10.4. The van der Waals surface area contributed by atoms with Crippen molar-refractivity contribution < 1.29 is 14.4 Å². The quantitative estimate of drug-likeness (QED) is 0.573. The van der Waals surface area contributed by atoms with Crippen molar-refractivity contribution in [3.8, 4) is 0 Å². The molecule has 5 nitrogen and oxygen atoms in total. The highest BCUT2D eigenvalue weighted by molar-refractivity contribution is 6.38. The van der Waals surface area contributed by atoms with E-state index in [1.807, 2.05) is 62.2 Å². The molecule has 0 radical (unpaired) electrons. The second-order valence-electron chi connectivity index (χ2n) is 9.55. The summed E-state index contributed by atoms with van der Waals surface area (Å²) < 4.78 is 0. The van der Waals surface area contributed by atoms with Crippen molar-refractivity contribution >= 4 is 52.6 Å². The van der Waals surface area contributed by atoms with Crippen LogP contribution >= 0.6 is 23.2 Å². The molecule has 0 aromatic heterocycles. The van der Waals surface area contributed by atoms with Crippen LogP contribution in [-0.4, -0.2) is 28.5 Å². The van der Waals surface area contributed by atoms with Gasteiger partial charge < -0.3 is 4.90 Å². The van der Waals surface area contributed by atoms with E-state index in [1.165, 1.54) is 6.07 Å². The summed E-state index contributed by atoms with van der Waals surface area (Å²) in [6.45, 7) is 5.52. The van der Waals surface area contributed by atoms with Crippen LogP contribution in [0.5, 0.6) is 0 Å². The van der Waals surface area contributed by atoms with Gasteiger partial charge in [-0.05, 0) is 35.4 Å². The van der Waals surface area contributed by atoms with E-state index in [0.717, 1.165) is 16.0 Å². The summed E-state index contributed by atoms with van der Waals surface area (Å²) in [5.74, 6) is -2.27. The molecule has 0 saturated carbocycles. The topological polar surface area (TPSA) is 57.7 Å². The molecular weight excluding hydrogens is 447 g/mol. The molecule has 5 rings (SSSR count). The summed E-state index contributed by atoms with van der Waals surface area (Å²) in [4.78, 5) is 44.2. The van der Waals surface area contributed by atoms with E-state index in [0.29, 0.717) is 10.7 Å². The number of anilines is 1. The van der Waals surface area contributed by atoms with Crippen molar-refractivity contribution in [2.45, 2.75) is 32.9 Å². The van der Waals surface area contributed by atoms with Crippen molar-refractivity contribution in [2.24, 2.45) is 17.3 Å². The van der Waals surface area contributed by atoms with Crippen molar-refractivity contribution in [3.63, 3.8) is 0 Å². The highest BCUT2D eigenvalue weighted by Gasteiger charge is 2.65. The SMILES string of the molecule is CC(C)(C)C(=O)[C@H]1[C@H]2C(=O)N(c3ccc(Cl)cc3Cl)C(=O)[C@@H]2[C@H]2c3ccccc3C=CN21. The van der Waals surface area contributed by atoms with Crippen LogP contribution in [0.1, 0.15) is 37.9 Å². The molecule has 3 aliphatic rings. The molecule has 3 aliphatic heterocycles. The van der Waals surface area contributed by atoms with Gasteiger partial charge in [-0.2, -0.15) is 0 Å². The molecule has 2 aromatic rings. The molecule has 164 valence electrons. The molecule has 2 aromatic carbocycles. The Hall–Kier alpha value is -2.63. The average molecular weight is 469 g/mol. The first kappa shape index (κ1) is 21.2. The third-order valence-electron chi connectivity index (χ3n) is 6.62. The number of carbonyl (C=O) groups excluding carboxylic acids is 3. The number of benzene rings is 2. The average Bonchev–Trinajstić information content (AvgIpc) is 3.20. The Kier molecular flexibility index (Phi) is 4.77. The molecule has 2 fully saturated rings. The van der Waals surface area contributed by atoms with Crippen LogP contribution in [0.15, 0.2) is 48.7 Å². The van der Waals surface area contributed by atoms with E-state index in [-0.39, 0.29) is 16.7 Å². The third-order valence-corrected chi connectivity index (χ3v) is 7.16.